The maximum Gasteiger partial charge on any atom is 1.00 e. The summed E-state index contributed by atoms with van der Waals surface area (Å²) in [6.45, 7) is 4.20. The quantitative estimate of drug-likeness (QED) is 0.0599. The Morgan fingerprint density at radius 3 is 1.56 bits per heavy atom. The number of ether oxygens (including phenoxy) is 2. The summed E-state index contributed by atoms with van der Waals surface area (Å²) < 4.78 is 43.5. The van der Waals surface area contributed by atoms with E-state index < -0.39 is 33.7 Å². The van der Waals surface area contributed by atoms with Crippen molar-refractivity contribution in [3.05, 3.63) is 12.3 Å². The molecule has 0 aromatic carbocycles. The van der Waals surface area contributed by atoms with Crippen LogP contribution >= 0.6 is 0 Å². The molecule has 0 amide bonds. The van der Waals surface area contributed by atoms with Crippen LogP contribution in [0.2, 0.25) is 0 Å². The zero-order valence-corrected chi connectivity index (χ0v) is 26.0. The van der Waals surface area contributed by atoms with Crippen LogP contribution in [0.5, 0.6) is 0 Å². The molecule has 1 unspecified atom stereocenters. The van der Waals surface area contributed by atoms with E-state index in [-0.39, 0.29) is 36.2 Å². The van der Waals surface area contributed by atoms with Gasteiger partial charge in [0.15, 0.2) is 5.25 Å². The van der Waals surface area contributed by atoms with Crippen LogP contribution < -0.4 is 29.6 Å². The summed E-state index contributed by atoms with van der Waals surface area (Å²) in [5.41, 5.74) is 0. The van der Waals surface area contributed by atoms with Gasteiger partial charge in [-0.05, 0) is 18.9 Å². The number of carbonyl (C=O) groups is 2. The predicted molar refractivity (Wildman–Crippen MR) is 139 cm³/mol. The Labute approximate surface area is 242 Å². The Bertz CT molecular complexity index is 665. The maximum absolute atomic E-state index is 11.9. The van der Waals surface area contributed by atoms with Gasteiger partial charge < -0.3 is 14.0 Å². The molecule has 0 saturated carbocycles. The molecule has 0 fully saturated rings. The van der Waals surface area contributed by atoms with E-state index in [1.807, 2.05) is 0 Å². The van der Waals surface area contributed by atoms with Gasteiger partial charge in [-0.2, -0.15) is 0 Å². The molecular weight excluding hydrogens is 491 g/mol. The summed E-state index contributed by atoms with van der Waals surface area (Å²) in [5.74, 6) is -2.15. The van der Waals surface area contributed by atoms with Gasteiger partial charge in [0.25, 0.3) is 0 Å². The third-order valence-electron chi connectivity index (χ3n) is 5.99. The van der Waals surface area contributed by atoms with Crippen molar-refractivity contribution in [3.8, 4) is 0 Å². The zero-order chi connectivity index (χ0) is 26.2. The van der Waals surface area contributed by atoms with Crippen molar-refractivity contribution < 1.29 is 61.6 Å². The van der Waals surface area contributed by atoms with E-state index in [0.717, 1.165) is 25.5 Å². The molecule has 7 nitrogen and oxygen atoms in total. The number of hydrogen-bond acceptors (Lipinski definition) is 7. The number of allylic oxidation sites excluding steroid dienone is 1. The molecule has 0 bridgehead atoms. The first kappa shape index (κ1) is 37.7. The molecule has 0 aliphatic heterocycles. The van der Waals surface area contributed by atoms with E-state index in [4.69, 9.17) is 4.74 Å². The van der Waals surface area contributed by atoms with Gasteiger partial charge in [-0.1, -0.05) is 117 Å². The van der Waals surface area contributed by atoms with Crippen LogP contribution in [0, 0.1) is 0 Å². The molecule has 9 heteroatoms. The summed E-state index contributed by atoms with van der Waals surface area (Å²) in [4.78, 5) is 23.6. The van der Waals surface area contributed by atoms with Crippen LogP contribution in [0.15, 0.2) is 12.3 Å². The zero-order valence-electron chi connectivity index (χ0n) is 23.1. The Morgan fingerprint density at radius 1 is 0.750 bits per heavy atom. The smallest absolute Gasteiger partial charge is 0.747 e. The van der Waals surface area contributed by atoms with E-state index in [9.17, 15) is 22.6 Å². The van der Waals surface area contributed by atoms with Crippen LogP contribution in [0.25, 0.3) is 0 Å². The summed E-state index contributed by atoms with van der Waals surface area (Å²) in [6, 6.07) is 0. The minimum Gasteiger partial charge on any atom is -0.747 e. The van der Waals surface area contributed by atoms with Crippen LogP contribution in [0.4, 0.5) is 0 Å². The first-order valence-corrected chi connectivity index (χ1v) is 15.3. The molecule has 0 rings (SSSR count). The van der Waals surface area contributed by atoms with E-state index in [1.54, 1.807) is 6.92 Å². The number of carbonyl (C=O) groups excluding carboxylic acids is 2. The molecule has 206 valence electrons. The molecule has 0 saturated heterocycles. The van der Waals surface area contributed by atoms with Crippen LogP contribution in [-0.4, -0.2) is 36.8 Å². The second-order valence-corrected chi connectivity index (χ2v) is 10.8. The van der Waals surface area contributed by atoms with Crippen molar-refractivity contribution in [2.45, 2.75) is 141 Å². The molecule has 0 aromatic rings. The maximum atomic E-state index is 11.9. The monoisotopic (exact) mass is 540 g/mol. The molecule has 0 aliphatic carbocycles. The van der Waals surface area contributed by atoms with Gasteiger partial charge in [-0.25, -0.2) is 8.42 Å². The Hall–Kier alpha value is -0.410. The van der Waals surface area contributed by atoms with Crippen molar-refractivity contribution in [2.75, 3.05) is 6.61 Å². The molecule has 1 atom stereocenters. The second kappa shape index (κ2) is 26.2. The molecule has 36 heavy (non-hydrogen) atoms. The van der Waals surface area contributed by atoms with Crippen molar-refractivity contribution in [1.82, 2.24) is 0 Å². The Kier molecular flexibility index (Phi) is 27.5. The average Bonchev–Trinajstić information content (AvgIpc) is 2.81. The Morgan fingerprint density at radius 2 is 1.17 bits per heavy atom. The van der Waals surface area contributed by atoms with Gasteiger partial charge in [-0.3, -0.25) is 9.59 Å². The number of unbranched alkanes of at least 4 members (excludes halogenated alkanes) is 16. The van der Waals surface area contributed by atoms with Crippen molar-refractivity contribution >= 4 is 22.1 Å². The minimum atomic E-state index is -5.02. The van der Waals surface area contributed by atoms with Gasteiger partial charge in [0.2, 0.25) is 0 Å². The molecular formula is C27H49NaO7S. The van der Waals surface area contributed by atoms with Crippen molar-refractivity contribution in [1.29, 1.82) is 0 Å². The SMILES string of the molecule is CC/C=C/OC(=O)C(CC(=O)OCCCCCCCCCCCCCCCCCCC)S(=O)(=O)[O-].[Na+]. The van der Waals surface area contributed by atoms with Crippen molar-refractivity contribution in [3.63, 3.8) is 0 Å². The van der Waals surface area contributed by atoms with Crippen molar-refractivity contribution in [2.24, 2.45) is 0 Å². The Balaban J connectivity index is 0. The van der Waals surface area contributed by atoms with E-state index in [1.165, 1.54) is 89.5 Å². The first-order chi connectivity index (χ1) is 16.8. The van der Waals surface area contributed by atoms with E-state index in [2.05, 4.69) is 11.7 Å². The van der Waals surface area contributed by atoms with Crippen LogP contribution in [0.1, 0.15) is 136 Å². The molecule has 0 spiro atoms. The predicted octanol–water partition coefficient (Wildman–Crippen LogP) is 3.96. The third kappa shape index (κ3) is 24.0. The normalized spacial score (nSPS) is 12.3. The molecule has 0 heterocycles. The standard InChI is InChI=1S/C27H50O7S.Na/c1-3-5-7-8-9-10-11-12-13-14-15-16-17-18-19-20-21-23-33-26(28)24-25(35(30,31)32)27(29)34-22-6-4-2;/h6,22,25H,3-5,7-21,23-24H2,1-2H3,(H,30,31,32);/q;+1/p-1/b22-6+;. The van der Waals surface area contributed by atoms with Gasteiger partial charge in [0.05, 0.1) is 19.3 Å². The average molecular weight is 541 g/mol. The molecule has 0 N–H and O–H groups in total. The summed E-state index contributed by atoms with van der Waals surface area (Å²) >= 11 is 0. The fourth-order valence-corrected chi connectivity index (χ4v) is 4.45. The third-order valence-corrected chi connectivity index (χ3v) is 7.05. The van der Waals surface area contributed by atoms with Crippen LogP contribution in [0.3, 0.4) is 0 Å². The fraction of sp³-hybridized carbons (Fsp3) is 0.852. The summed E-state index contributed by atoms with van der Waals surface area (Å²) in [6.07, 6.45) is 23.5. The molecule has 0 aliphatic rings. The largest absolute Gasteiger partial charge is 1.00 e. The first-order valence-electron chi connectivity index (χ1n) is 13.8. The number of hydrogen-bond donors (Lipinski definition) is 0. The van der Waals surface area contributed by atoms with E-state index >= 15 is 0 Å². The number of esters is 2. The summed E-state index contributed by atoms with van der Waals surface area (Å²) in [7, 11) is -5.02. The van der Waals surface area contributed by atoms with E-state index in [0.29, 0.717) is 12.8 Å². The molecule has 0 aromatic heterocycles. The second-order valence-electron chi connectivity index (χ2n) is 9.28. The van der Waals surface area contributed by atoms with Crippen LogP contribution in [-0.2, 0) is 29.2 Å². The van der Waals surface area contributed by atoms with Gasteiger partial charge in [-0.15, -0.1) is 0 Å². The van der Waals surface area contributed by atoms with Gasteiger partial charge >= 0.3 is 41.5 Å². The summed E-state index contributed by atoms with van der Waals surface area (Å²) in [5, 5.41) is -2.09. The van der Waals surface area contributed by atoms with Gasteiger partial charge in [0, 0.05) is 0 Å². The fourth-order valence-electron chi connectivity index (χ4n) is 3.81. The van der Waals surface area contributed by atoms with Gasteiger partial charge in [0.1, 0.15) is 10.1 Å². The topological polar surface area (TPSA) is 110 Å². The minimum absolute atomic E-state index is 0. The number of rotatable bonds is 24. The molecule has 0 radical (unpaired) electrons.